The molecule has 0 amide bonds. The van der Waals surface area contributed by atoms with Gasteiger partial charge in [0, 0.05) is 7.11 Å². The van der Waals surface area contributed by atoms with Gasteiger partial charge in [-0.25, -0.2) is 5.09 Å². The molecular formula is C20H32NO5P. The summed E-state index contributed by atoms with van der Waals surface area (Å²) in [5.74, 6) is 0.593. The maximum absolute atomic E-state index is 13.5. The van der Waals surface area contributed by atoms with Crippen LogP contribution in [0, 0.1) is 0 Å². The smallest absolute Gasteiger partial charge is 0.342 e. The van der Waals surface area contributed by atoms with Crippen LogP contribution in [0.25, 0.3) is 0 Å². The van der Waals surface area contributed by atoms with E-state index >= 15 is 0 Å². The summed E-state index contributed by atoms with van der Waals surface area (Å²) in [5.41, 5.74) is 1.96. The van der Waals surface area contributed by atoms with Gasteiger partial charge in [-0.2, -0.15) is 0 Å². The predicted octanol–water partition coefficient (Wildman–Crippen LogP) is 4.79. The number of carbonyl (C=O) groups is 1. The summed E-state index contributed by atoms with van der Waals surface area (Å²) in [5, 5.41) is 2.84. The first-order valence-corrected chi connectivity index (χ1v) is 11.4. The van der Waals surface area contributed by atoms with Gasteiger partial charge >= 0.3 is 13.5 Å². The first-order chi connectivity index (χ1) is 12.7. The van der Waals surface area contributed by atoms with Crippen LogP contribution in [0.4, 0.5) is 0 Å². The molecule has 1 aliphatic rings. The van der Waals surface area contributed by atoms with E-state index < -0.39 is 19.5 Å². The van der Waals surface area contributed by atoms with Gasteiger partial charge in [-0.1, -0.05) is 45.9 Å². The highest BCUT2D eigenvalue weighted by Gasteiger charge is 2.34. The van der Waals surface area contributed by atoms with Gasteiger partial charge in [-0.15, -0.1) is 0 Å². The minimum absolute atomic E-state index is 0.00121. The highest BCUT2D eigenvalue weighted by Crippen LogP contribution is 2.48. The highest BCUT2D eigenvalue weighted by molar-refractivity contribution is 7.57. The fourth-order valence-corrected chi connectivity index (χ4v) is 4.52. The molecule has 0 aliphatic heterocycles. The Kier molecular flexibility index (Phi) is 7.49. The van der Waals surface area contributed by atoms with Gasteiger partial charge in [-0.3, -0.25) is 9.36 Å². The molecular weight excluding hydrogens is 365 g/mol. The van der Waals surface area contributed by atoms with E-state index in [0.717, 1.165) is 24.0 Å². The van der Waals surface area contributed by atoms with Gasteiger partial charge in [-0.05, 0) is 42.7 Å². The number of rotatable bonds is 10. The Morgan fingerprint density at radius 1 is 1.15 bits per heavy atom. The molecule has 2 rings (SSSR count). The van der Waals surface area contributed by atoms with Crippen molar-refractivity contribution in [2.75, 3.05) is 13.5 Å². The molecule has 7 heteroatoms. The second kappa shape index (κ2) is 9.22. The molecule has 1 aliphatic carbocycles. The maximum atomic E-state index is 13.5. The van der Waals surface area contributed by atoms with E-state index in [9.17, 15) is 9.36 Å². The summed E-state index contributed by atoms with van der Waals surface area (Å²) in [6.45, 7) is 9.90. The lowest BCUT2D eigenvalue weighted by molar-refractivity contribution is -0.146. The lowest BCUT2D eigenvalue weighted by Crippen LogP contribution is -2.36. The summed E-state index contributed by atoms with van der Waals surface area (Å²) in [4.78, 5) is 12.2. The zero-order chi connectivity index (χ0) is 20.2. The van der Waals surface area contributed by atoms with Crippen LogP contribution in [0.5, 0.6) is 5.75 Å². The van der Waals surface area contributed by atoms with Gasteiger partial charge in [0.05, 0.1) is 0 Å². The van der Waals surface area contributed by atoms with E-state index in [1.165, 1.54) is 7.11 Å². The Labute approximate surface area is 162 Å². The molecule has 2 unspecified atom stereocenters. The Balaban J connectivity index is 2.28. The average molecular weight is 397 g/mol. The van der Waals surface area contributed by atoms with Crippen molar-refractivity contribution in [2.45, 2.75) is 71.4 Å². The number of para-hydroxylation sites is 1. The lowest BCUT2D eigenvalue weighted by atomic mass is 9.94. The second-order valence-electron chi connectivity index (χ2n) is 7.74. The van der Waals surface area contributed by atoms with Gasteiger partial charge in [0.15, 0.2) is 0 Å². The Bertz CT molecular complexity index is 673. The van der Waals surface area contributed by atoms with Crippen molar-refractivity contribution >= 4 is 13.5 Å². The second-order valence-corrected chi connectivity index (χ2v) is 9.79. The summed E-state index contributed by atoms with van der Waals surface area (Å²) in [7, 11) is -2.02. The predicted molar refractivity (Wildman–Crippen MR) is 106 cm³/mol. The molecule has 1 fully saturated rings. The zero-order valence-corrected chi connectivity index (χ0v) is 18.0. The first kappa shape index (κ1) is 21.9. The molecule has 0 bridgehead atoms. The van der Waals surface area contributed by atoms with E-state index in [1.54, 1.807) is 6.92 Å². The highest BCUT2D eigenvalue weighted by atomic mass is 31.2. The third kappa shape index (κ3) is 6.06. The number of nitrogens with one attached hydrogen (secondary N) is 1. The standard InChI is InChI=1S/C20H32NO5P/c1-13(2)17-8-7-9-18(14(3)4)19(17)26-27(23,12-24-6)21-15(5)20(22)25-16-10-11-16/h7-9,13-16H,10-12H2,1-6H3,(H,21,23). The van der Waals surface area contributed by atoms with Crippen molar-refractivity contribution < 1.29 is 23.4 Å². The maximum Gasteiger partial charge on any atom is 0.342 e. The lowest BCUT2D eigenvalue weighted by Gasteiger charge is -2.27. The molecule has 1 aromatic rings. The van der Waals surface area contributed by atoms with E-state index in [1.807, 2.05) is 18.2 Å². The minimum atomic E-state index is -3.48. The molecule has 0 heterocycles. The number of methoxy groups -OCH3 is 1. The summed E-state index contributed by atoms with van der Waals surface area (Å²) in [6, 6.07) is 5.20. The van der Waals surface area contributed by atoms with Crippen LogP contribution in [0.15, 0.2) is 18.2 Å². The minimum Gasteiger partial charge on any atom is -0.461 e. The normalized spacial score (nSPS) is 17.6. The fourth-order valence-electron chi connectivity index (χ4n) is 2.80. The molecule has 152 valence electrons. The van der Waals surface area contributed by atoms with Crippen molar-refractivity contribution in [3.05, 3.63) is 29.3 Å². The van der Waals surface area contributed by atoms with Crippen molar-refractivity contribution in [2.24, 2.45) is 0 Å². The molecule has 0 radical (unpaired) electrons. The van der Waals surface area contributed by atoms with Crippen molar-refractivity contribution in [3.63, 3.8) is 0 Å². The fraction of sp³-hybridized carbons (Fsp3) is 0.650. The Morgan fingerprint density at radius 2 is 1.70 bits per heavy atom. The van der Waals surface area contributed by atoms with Gasteiger partial charge < -0.3 is 14.0 Å². The van der Waals surface area contributed by atoms with Crippen LogP contribution in [-0.2, 0) is 18.8 Å². The van der Waals surface area contributed by atoms with Gasteiger partial charge in [0.1, 0.15) is 24.2 Å². The number of hydrogen-bond acceptors (Lipinski definition) is 5. The van der Waals surface area contributed by atoms with Crippen LogP contribution >= 0.6 is 7.52 Å². The molecule has 0 saturated heterocycles. The third-order valence-electron chi connectivity index (χ3n) is 4.41. The van der Waals surface area contributed by atoms with E-state index in [4.69, 9.17) is 14.0 Å². The number of ether oxygens (including phenoxy) is 2. The number of esters is 1. The van der Waals surface area contributed by atoms with Crippen molar-refractivity contribution in [1.29, 1.82) is 0 Å². The molecule has 0 spiro atoms. The topological polar surface area (TPSA) is 73.9 Å². The Hall–Kier alpha value is -1.36. The summed E-state index contributed by atoms with van der Waals surface area (Å²) in [6.07, 6.45) is 1.64. The molecule has 1 N–H and O–H groups in total. The van der Waals surface area contributed by atoms with Gasteiger partial charge in [0.25, 0.3) is 0 Å². The Morgan fingerprint density at radius 3 is 2.15 bits per heavy atom. The van der Waals surface area contributed by atoms with E-state index in [0.29, 0.717) is 5.75 Å². The van der Waals surface area contributed by atoms with Crippen LogP contribution in [0.2, 0.25) is 0 Å². The zero-order valence-electron chi connectivity index (χ0n) is 17.2. The van der Waals surface area contributed by atoms with E-state index in [2.05, 4.69) is 32.8 Å². The quantitative estimate of drug-likeness (QED) is 0.452. The molecule has 27 heavy (non-hydrogen) atoms. The van der Waals surface area contributed by atoms with Crippen molar-refractivity contribution in [3.8, 4) is 5.75 Å². The van der Waals surface area contributed by atoms with Crippen LogP contribution in [0.1, 0.15) is 70.4 Å². The molecule has 1 saturated carbocycles. The average Bonchev–Trinajstić information content (AvgIpc) is 3.38. The SMILES string of the molecule is COCP(=O)(NC(C)C(=O)OC1CC1)Oc1c(C(C)C)cccc1C(C)C. The molecule has 2 atom stereocenters. The number of hydrogen-bond donors (Lipinski definition) is 1. The molecule has 1 aromatic carbocycles. The molecule has 0 aromatic heterocycles. The van der Waals surface area contributed by atoms with E-state index in [-0.39, 0.29) is 24.3 Å². The van der Waals surface area contributed by atoms with Gasteiger partial charge in [0.2, 0.25) is 0 Å². The monoisotopic (exact) mass is 397 g/mol. The third-order valence-corrected chi connectivity index (χ3v) is 6.27. The first-order valence-electron chi connectivity index (χ1n) is 9.55. The van der Waals surface area contributed by atoms with Crippen LogP contribution in [-0.4, -0.2) is 31.6 Å². The number of carbonyl (C=O) groups excluding carboxylic acids is 1. The summed E-state index contributed by atoms with van der Waals surface area (Å²) >= 11 is 0. The number of benzene rings is 1. The largest absolute Gasteiger partial charge is 0.461 e. The summed E-state index contributed by atoms with van der Waals surface area (Å²) < 4.78 is 30.0. The van der Waals surface area contributed by atoms with Crippen molar-refractivity contribution in [1.82, 2.24) is 5.09 Å². The van der Waals surface area contributed by atoms with Crippen LogP contribution < -0.4 is 9.61 Å². The van der Waals surface area contributed by atoms with Crippen LogP contribution in [0.3, 0.4) is 0 Å². The molecule has 6 nitrogen and oxygen atoms in total.